The van der Waals surface area contributed by atoms with Crippen LogP contribution in [0.15, 0.2) is 70.5 Å². The van der Waals surface area contributed by atoms with Crippen LogP contribution in [0.4, 0.5) is 5.69 Å². The molecule has 0 spiro atoms. The average Bonchev–Trinajstić information content (AvgIpc) is 3.07. The second kappa shape index (κ2) is 9.03. The number of para-hydroxylation sites is 1. The third kappa shape index (κ3) is 4.70. The molecule has 31 heavy (non-hydrogen) atoms. The molecule has 1 amide bonds. The van der Waals surface area contributed by atoms with Crippen LogP contribution in [0.25, 0.3) is 10.9 Å². The molecule has 1 fully saturated rings. The van der Waals surface area contributed by atoms with Gasteiger partial charge in [0.1, 0.15) is 6.54 Å². The number of fused-ring (bicyclic) bond motifs is 1. The predicted molar refractivity (Wildman–Crippen MR) is 121 cm³/mol. The maximum absolute atomic E-state index is 12.9. The van der Waals surface area contributed by atoms with E-state index in [0.29, 0.717) is 29.7 Å². The zero-order valence-corrected chi connectivity index (χ0v) is 18.0. The van der Waals surface area contributed by atoms with Crippen LogP contribution in [0.3, 0.4) is 0 Å². The molecule has 0 aliphatic carbocycles. The van der Waals surface area contributed by atoms with Crippen LogP contribution in [0.5, 0.6) is 0 Å². The molecule has 1 aliphatic heterocycles. The van der Waals surface area contributed by atoms with Crippen LogP contribution < -0.4 is 10.7 Å². The summed E-state index contributed by atoms with van der Waals surface area (Å²) in [5.41, 5.74) is 1.11. The number of hydrogen-bond donors (Lipinski definition) is 1. The summed E-state index contributed by atoms with van der Waals surface area (Å²) in [5, 5.41) is 3.35. The van der Waals surface area contributed by atoms with Crippen molar-refractivity contribution < 1.29 is 13.2 Å². The maximum atomic E-state index is 12.9. The Morgan fingerprint density at radius 3 is 2.29 bits per heavy atom. The first-order chi connectivity index (χ1) is 14.9. The molecule has 1 aliphatic rings. The number of sulfonamides is 1. The summed E-state index contributed by atoms with van der Waals surface area (Å²) in [5.74, 6) is -0.267. The Balaban J connectivity index is 1.46. The third-order valence-corrected chi connectivity index (χ3v) is 7.45. The van der Waals surface area contributed by atoms with Gasteiger partial charge in [0.2, 0.25) is 15.9 Å². The zero-order chi connectivity index (χ0) is 21.8. The molecule has 1 aromatic heterocycles. The van der Waals surface area contributed by atoms with Crippen molar-refractivity contribution in [3.05, 3.63) is 71.0 Å². The first-order valence-corrected chi connectivity index (χ1v) is 11.9. The maximum Gasteiger partial charge on any atom is 0.244 e. The fourth-order valence-corrected chi connectivity index (χ4v) is 5.41. The van der Waals surface area contributed by atoms with E-state index in [1.165, 1.54) is 18.2 Å². The van der Waals surface area contributed by atoms with Gasteiger partial charge in [0.05, 0.1) is 10.4 Å². The van der Waals surface area contributed by atoms with Gasteiger partial charge in [-0.25, -0.2) is 8.42 Å². The number of nitrogens with zero attached hydrogens (tertiary/aromatic N) is 2. The summed E-state index contributed by atoms with van der Waals surface area (Å²) in [6.45, 7) is 1.14. The number of rotatable bonds is 5. The molecule has 7 nitrogen and oxygen atoms in total. The number of benzene rings is 2. The van der Waals surface area contributed by atoms with Gasteiger partial charge in [-0.05, 0) is 49.2 Å². The van der Waals surface area contributed by atoms with E-state index in [-0.39, 0.29) is 22.8 Å². The lowest BCUT2D eigenvalue weighted by molar-refractivity contribution is -0.116. The highest BCUT2D eigenvalue weighted by Gasteiger charge is 2.25. The van der Waals surface area contributed by atoms with Gasteiger partial charge in [0.25, 0.3) is 0 Å². The van der Waals surface area contributed by atoms with Crippen LogP contribution in [-0.4, -0.2) is 36.3 Å². The molecular formula is C23H25N3O4S. The molecule has 3 aromatic rings. The monoisotopic (exact) mass is 439 g/mol. The zero-order valence-electron chi connectivity index (χ0n) is 17.2. The van der Waals surface area contributed by atoms with Gasteiger partial charge in [-0.3, -0.25) is 9.59 Å². The molecule has 1 N–H and O–H groups in total. The van der Waals surface area contributed by atoms with Gasteiger partial charge in [0, 0.05) is 36.4 Å². The summed E-state index contributed by atoms with van der Waals surface area (Å²) in [7, 11) is -3.52. The Bertz CT molecular complexity index is 1240. The van der Waals surface area contributed by atoms with Crippen LogP contribution in [0.2, 0.25) is 0 Å². The Labute approximate surface area is 181 Å². The smallest absolute Gasteiger partial charge is 0.244 e. The lowest BCUT2D eigenvalue weighted by Gasteiger charge is -2.20. The third-order valence-electron chi connectivity index (χ3n) is 5.54. The summed E-state index contributed by atoms with van der Waals surface area (Å²) >= 11 is 0. The molecule has 2 aromatic carbocycles. The van der Waals surface area contributed by atoms with E-state index in [0.717, 1.165) is 25.7 Å². The number of nitrogens with one attached hydrogen (secondary N) is 1. The molecule has 1 saturated heterocycles. The first kappa shape index (κ1) is 21.3. The molecule has 0 unspecified atom stereocenters. The quantitative estimate of drug-likeness (QED) is 0.661. The summed E-state index contributed by atoms with van der Waals surface area (Å²) in [6, 6.07) is 14.8. The van der Waals surface area contributed by atoms with Crippen LogP contribution in [-0.2, 0) is 21.4 Å². The van der Waals surface area contributed by atoms with E-state index in [2.05, 4.69) is 5.32 Å². The number of carbonyl (C=O) groups excluding carboxylic acids is 1. The number of anilines is 1. The fourth-order valence-electron chi connectivity index (χ4n) is 3.89. The SMILES string of the molecule is O=C(Cn1ccc(=O)c2ccccc21)Nc1ccc(S(=O)(=O)N2CCCCCC2)cc1. The number of amides is 1. The minimum Gasteiger partial charge on any atom is -0.338 e. The topological polar surface area (TPSA) is 88.5 Å². The molecule has 8 heteroatoms. The van der Waals surface area contributed by atoms with Crippen molar-refractivity contribution >= 4 is 32.5 Å². The van der Waals surface area contributed by atoms with Crippen molar-refractivity contribution in [3.63, 3.8) is 0 Å². The Hall–Kier alpha value is -2.97. The average molecular weight is 440 g/mol. The van der Waals surface area contributed by atoms with Crippen LogP contribution in [0.1, 0.15) is 25.7 Å². The number of hydrogen-bond acceptors (Lipinski definition) is 4. The molecule has 162 valence electrons. The van der Waals surface area contributed by atoms with Crippen molar-refractivity contribution in [2.45, 2.75) is 37.1 Å². The largest absolute Gasteiger partial charge is 0.338 e. The number of aromatic nitrogens is 1. The van der Waals surface area contributed by atoms with E-state index in [1.807, 2.05) is 6.07 Å². The fraction of sp³-hybridized carbons (Fsp3) is 0.304. The molecule has 0 saturated carbocycles. The van der Waals surface area contributed by atoms with Crippen molar-refractivity contribution in [2.75, 3.05) is 18.4 Å². The molecule has 0 atom stereocenters. The Kier molecular flexibility index (Phi) is 6.20. The van der Waals surface area contributed by atoms with E-state index in [9.17, 15) is 18.0 Å². The van der Waals surface area contributed by atoms with Crippen LogP contribution in [0, 0.1) is 0 Å². The minimum atomic E-state index is -3.52. The summed E-state index contributed by atoms with van der Waals surface area (Å²) in [4.78, 5) is 24.8. The molecule has 2 heterocycles. The standard InChI is InChI=1S/C23H25N3O4S/c27-22-13-16-25(21-8-4-3-7-20(21)22)17-23(28)24-18-9-11-19(12-10-18)31(29,30)26-14-5-1-2-6-15-26/h3-4,7-13,16H,1-2,5-6,14-15,17H2,(H,24,28). The van der Waals surface area contributed by atoms with Gasteiger partial charge in [-0.1, -0.05) is 25.0 Å². The van der Waals surface area contributed by atoms with Gasteiger partial charge < -0.3 is 9.88 Å². The lowest BCUT2D eigenvalue weighted by atomic mass is 10.2. The summed E-state index contributed by atoms with van der Waals surface area (Å²) < 4.78 is 29.0. The van der Waals surface area contributed by atoms with Gasteiger partial charge >= 0.3 is 0 Å². The second-order valence-electron chi connectivity index (χ2n) is 7.72. The van der Waals surface area contributed by atoms with E-state index in [4.69, 9.17) is 0 Å². The van der Waals surface area contributed by atoms with Gasteiger partial charge in [-0.2, -0.15) is 4.31 Å². The molecule has 0 radical (unpaired) electrons. The van der Waals surface area contributed by atoms with E-state index >= 15 is 0 Å². The lowest BCUT2D eigenvalue weighted by Crippen LogP contribution is -2.31. The van der Waals surface area contributed by atoms with Gasteiger partial charge in [-0.15, -0.1) is 0 Å². The highest BCUT2D eigenvalue weighted by atomic mass is 32.2. The van der Waals surface area contributed by atoms with E-state index in [1.54, 1.807) is 45.4 Å². The molecular weight excluding hydrogens is 414 g/mol. The van der Waals surface area contributed by atoms with Crippen molar-refractivity contribution in [1.82, 2.24) is 8.87 Å². The summed E-state index contributed by atoms with van der Waals surface area (Å²) in [6.07, 6.45) is 5.48. The van der Waals surface area contributed by atoms with Crippen molar-refractivity contribution in [3.8, 4) is 0 Å². The number of pyridine rings is 1. The Morgan fingerprint density at radius 1 is 0.903 bits per heavy atom. The highest BCUT2D eigenvalue weighted by Crippen LogP contribution is 2.22. The number of carbonyl (C=O) groups is 1. The van der Waals surface area contributed by atoms with Crippen molar-refractivity contribution in [1.29, 1.82) is 0 Å². The van der Waals surface area contributed by atoms with Gasteiger partial charge in [0.15, 0.2) is 5.43 Å². The van der Waals surface area contributed by atoms with Crippen LogP contribution >= 0.6 is 0 Å². The molecule has 0 bridgehead atoms. The first-order valence-electron chi connectivity index (χ1n) is 10.4. The highest BCUT2D eigenvalue weighted by molar-refractivity contribution is 7.89. The predicted octanol–water partition coefficient (Wildman–Crippen LogP) is 3.20. The van der Waals surface area contributed by atoms with E-state index < -0.39 is 10.0 Å². The molecule has 4 rings (SSSR count). The normalized spacial score (nSPS) is 15.5. The van der Waals surface area contributed by atoms with Crippen molar-refractivity contribution in [2.24, 2.45) is 0 Å². The minimum absolute atomic E-state index is 0.0363. The second-order valence-corrected chi connectivity index (χ2v) is 9.65. The Morgan fingerprint density at radius 2 is 1.58 bits per heavy atom.